The summed E-state index contributed by atoms with van der Waals surface area (Å²) in [5.74, 6) is 0. The lowest BCUT2D eigenvalue weighted by atomic mass is 9.95. The minimum Gasteiger partial charge on any atom is -0.393 e. The Balaban J connectivity index is 2.09. The van der Waals surface area contributed by atoms with E-state index in [-0.39, 0.29) is 12.2 Å². The van der Waals surface area contributed by atoms with Gasteiger partial charge >= 0.3 is 0 Å². The number of hydrogen-bond donors (Lipinski definition) is 1. The first-order chi connectivity index (χ1) is 5.68. The predicted octanol–water partition coefficient (Wildman–Crippen LogP) is 1.57. The topological polar surface area (TPSA) is 29.5 Å². The summed E-state index contributed by atoms with van der Waals surface area (Å²) in [6.45, 7) is -0.471. The van der Waals surface area contributed by atoms with Crippen LogP contribution >= 0.6 is 0 Å². The van der Waals surface area contributed by atoms with Gasteiger partial charge in [-0.3, -0.25) is 0 Å². The van der Waals surface area contributed by atoms with Crippen molar-refractivity contribution in [2.75, 3.05) is 6.61 Å². The summed E-state index contributed by atoms with van der Waals surface area (Å²) in [7, 11) is 0. The molecule has 0 aliphatic heterocycles. The molecule has 1 aliphatic carbocycles. The van der Waals surface area contributed by atoms with Crippen LogP contribution in [0.15, 0.2) is 0 Å². The van der Waals surface area contributed by atoms with E-state index in [1.165, 1.54) is 0 Å². The number of hydrogen-bond acceptors (Lipinski definition) is 2. The molecule has 4 heteroatoms. The van der Waals surface area contributed by atoms with E-state index in [9.17, 15) is 8.78 Å². The zero-order chi connectivity index (χ0) is 8.97. The van der Waals surface area contributed by atoms with Crippen LogP contribution in [-0.4, -0.2) is 30.3 Å². The van der Waals surface area contributed by atoms with Crippen molar-refractivity contribution in [3.05, 3.63) is 0 Å². The largest absolute Gasteiger partial charge is 0.393 e. The first-order valence-electron chi connectivity index (χ1n) is 4.26. The first kappa shape index (κ1) is 9.86. The number of aliphatic hydroxyl groups excluding tert-OH is 1. The molecular formula is C8H14F2O2. The molecule has 0 aromatic carbocycles. The molecule has 0 saturated heterocycles. The normalized spacial score (nSPS) is 31.0. The molecule has 0 atom stereocenters. The molecule has 2 nitrogen and oxygen atoms in total. The highest BCUT2D eigenvalue weighted by Crippen LogP contribution is 2.21. The van der Waals surface area contributed by atoms with Crippen LogP contribution in [0.2, 0.25) is 0 Å². The van der Waals surface area contributed by atoms with E-state index >= 15 is 0 Å². The summed E-state index contributed by atoms with van der Waals surface area (Å²) in [4.78, 5) is 0. The molecule has 0 aromatic rings. The van der Waals surface area contributed by atoms with Crippen LogP contribution in [0.4, 0.5) is 8.78 Å². The minimum absolute atomic E-state index is 0.0672. The van der Waals surface area contributed by atoms with E-state index in [0.717, 1.165) is 0 Å². The van der Waals surface area contributed by atoms with E-state index < -0.39 is 13.0 Å². The van der Waals surface area contributed by atoms with Crippen LogP contribution in [-0.2, 0) is 4.74 Å². The zero-order valence-electron chi connectivity index (χ0n) is 6.88. The lowest BCUT2D eigenvalue weighted by Gasteiger charge is -2.25. The van der Waals surface area contributed by atoms with Crippen LogP contribution in [0.1, 0.15) is 25.7 Å². The smallest absolute Gasteiger partial charge is 0.261 e. The average Bonchev–Trinajstić information content (AvgIpc) is 2.03. The highest BCUT2D eigenvalue weighted by molar-refractivity contribution is 4.71. The number of rotatable bonds is 3. The fourth-order valence-electron chi connectivity index (χ4n) is 1.42. The third kappa shape index (κ3) is 3.45. The Bertz CT molecular complexity index is 122. The van der Waals surface area contributed by atoms with Crippen molar-refractivity contribution in [2.24, 2.45) is 0 Å². The third-order valence-electron chi connectivity index (χ3n) is 2.10. The Morgan fingerprint density at radius 2 is 1.83 bits per heavy atom. The highest BCUT2D eigenvalue weighted by atomic mass is 19.3. The number of aliphatic hydroxyl groups is 1. The van der Waals surface area contributed by atoms with Gasteiger partial charge in [0.2, 0.25) is 0 Å². The molecule has 1 N–H and O–H groups in total. The molecule has 0 heterocycles. The van der Waals surface area contributed by atoms with Gasteiger partial charge in [0.15, 0.2) is 0 Å². The second-order valence-electron chi connectivity index (χ2n) is 3.15. The Kier molecular flexibility index (Phi) is 3.88. The monoisotopic (exact) mass is 180 g/mol. The summed E-state index contributed by atoms with van der Waals surface area (Å²) in [6, 6.07) is 0. The molecular weight excluding hydrogens is 166 g/mol. The molecule has 0 amide bonds. The molecule has 0 bridgehead atoms. The maximum Gasteiger partial charge on any atom is 0.261 e. The molecule has 1 fully saturated rings. The van der Waals surface area contributed by atoms with Gasteiger partial charge in [-0.1, -0.05) is 0 Å². The molecule has 72 valence electrons. The fraction of sp³-hybridized carbons (Fsp3) is 1.00. The van der Waals surface area contributed by atoms with Gasteiger partial charge in [-0.25, -0.2) is 8.78 Å². The molecule has 1 rings (SSSR count). The van der Waals surface area contributed by atoms with Crippen molar-refractivity contribution >= 4 is 0 Å². The first-order valence-corrected chi connectivity index (χ1v) is 4.26. The molecule has 1 aliphatic rings. The van der Waals surface area contributed by atoms with Crippen LogP contribution in [0, 0.1) is 0 Å². The molecule has 12 heavy (non-hydrogen) atoms. The maximum absolute atomic E-state index is 11.7. The Morgan fingerprint density at radius 1 is 1.25 bits per heavy atom. The highest BCUT2D eigenvalue weighted by Gasteiger charge is 2.20. The molecule has 0 unspecified atom stereocenters. The predicted molar refractivity (Wildman–Crippen MR) is 40.2 cm³/mol. The van der Waals surface area contributed by atoms with Gasteiger partial charge in [-0.15, -0.1) is 0 Å². The van der Waals surface area contributed by atoms with Crippen LogP contribution in [0.25, 0.3) is 0 Å². The van der Waals surface area contributed by atoms with Crippen molar-refractivity contribution in [3.8, 4) is 0 Å². The van der Waals surface area contributed by atoms with Gasteiger partial charge < -0.3 is 9.84 Å². The average molecular weight is 180 g/mol. The van der Waals surface area contributed by atoms with Crippen molar-refractivity contribution in [1.82, 2.24) is 0 Å². The van der Waals surface area contributed by atoms with Gasteiger partial charge in [-0.05, 0) is 25.7 Å². The zero-order valence-corrected chi connectivity index (χ0v) is 6.88. The summed E-state index contributed by atoms with van der Waals surface area (Å²) in [6.07, 6.45) is 0.0551. The van der Waals surface area contributed by atoms with E-state index in [0.29, 0.717) is 25.7 Å². The lowest BCUT2D eigenvalue weighted by molar-refractivity contribution is -0.0501. The second kappa shape index (κ2) is 4.72. The fourth-order valence-corrected chi connectivity index (χ4v) is 1.42. The quantitative estimate of drug-likeness (QED) is 0.714. The summed E-state index contributed by atoms with van der Waals surface area (Å²) >= 11 is 0. The van der Waals surface area contributed by atoms with Crippen molar-refractivity contribution in [2.45, 2.75) is 44.3 Å². The molecule has 1 saturated carbocycles. The van der Waals surface area contributed by atoms with Crippen LogP contribution in [0.3, 0.4) is 0 Å². The Hall–Kier alpha value is -0.220. The molecule has 0 spiro atoms. The molecule has 0 aromatic heterocycles. The van der Waals surface area contributed by atoms with E-state index in [4.69, 9.17) is 9.84 Å². The summed E-state index contributed by atoms with van der Waals surface area (Å²) in [5.41, 5.74) is 0. The Morgan fingerprint density at radius 3 is 2.33 bits per heavy atom. The standard InChI is InChI=1S/C8H14F2O2/c9-8(10)5-12-7-3-1-6(11)2-4-7/h6-8,11H,1-5H2. The van der Waals surface area contributed by atoms with E-state index in [1.807, 2.05) is 0 Å². The number of halogens is 2. The van der Waals surface area contributed by atoms with Gasteiger partial charge in [0, 0.05) is 0 Å². The SMILES string of the molecule is OC1CCC(OCC(F)F)CC1. The van der Waals surface area contributed by atoms with Gasteiger partial charge in [-0.2, -0.15) is 0 Å². The van der Waals surface area contributed by atoms with Gasteiger partial charge in [0.05, 0.1) is 12.2 Å². The number of alkyl halides is 2. The molecule has 0 radical (unpaired) electrons. The van der Waals surface area contributed by atoms with Crippen molar-refractivity contribution < 1.29 is 18.6 Å². The number of ether oxygens (including phenoxy) is 1. The summed E-state index contributed by atoms with van der Waals surface area (Å²) in [5, 5.41) is 9.10. The van der Waals surface area contributed by atoms with Crippen molar-refractivity contribution in [1.29, 1.82) is 0 Å². The lowest BCUT2D eigenvalue weighted by Crippen LogP contribution is -2.25. The third-order valence-corrected chi connectivity index (χ3v) is 2.10. The van der Waals surface area contributed by atoms with E-state index in [1.54, 1.807) is 0 Å². The maximum atomic E-state index is 11.7. The van der Waals surface area contributed by atoms with E-state index in [2.05, 4.69) is 0 Å². The minimum atomic E-state index is -2.38. The van der Waals surface area contributed by atoms with Gasteiger partial charge in [0.25, 0.3) is 6.43 Å². The van der Waals surface area contributed by atoms with Crippen LogP contribution in [0.5, 0.6) is 0 Å². The van der Waals surface area contributed by atoms with Crippen molar-refractivity contribution in [3.63, 3.8) is 0 Å². The summed E-state index contributed by atoms with van der Waals surface area (Å²) < 4.78 is 28.3. The van der Waals surface area contributed by atoms with Gasteiger partial charge in [0.1, 0.15) is 6.61 Å². The Labute approximate surface area is 70.5 Å². The second-order valence-corrected chi connectivity index (χ2v) is 3.15. The van der Waals surface area contributed by atoms with Crippen LogP contribution < -0.4 is 0 Å².